The number of nitrogens with one attached hydrogen (secondary N) is 2. The molecule has 0 spiro atoms. The summed E-state index contributed by atoms with van der Waals surface area (Å²) in [4.78, 5) is 11.6. The third kappa shape index (κ3) is 6.06. The molecule has 1 aromatic rings. The molecular weight excluding hydrogens is 252 g/mol. The SMILES string of the molecule is CCCNC(C)c1ccc(NC(=O)OC(C)(C)C)cc1. The molecule has 0 aliphatic carbocycles. The van der Waals surface area contributed by atoms with Gasteiger partial charge in [0.2, 0.25) is 0 Å². The van der Waals surface area contributed by atoms with Crippen LogP contribution in [0.15, 0.2) is 24.3 Å². The quantitative estimate of drug-likeness (QED) is 0.852. The lowest BCUT2D eigenvalue weighted by molar-refractivity contribution is 0.0636. The third-order valence-corrected chi connectivity index (χ3v) is 2.76. The van der Waals surface area contributed by atoms with Crippen LogP contribution in [0.3, 0.4) is 0 Å². The standard InChI is InChI=1S/C16H26N2O2/c1-6-11-17-12(2)13-7-9-14(10-8-13)18-15(19)20-16(3,4)5/h7-10,12,17H,6,11H2,1-5H3,(H,18,19). The Kier molecular flexibility index (Phi) is 6.02. The summed E-state index contributed by atoms with van der Waals surface area (Å²) in [6.07, 6.45) is 0.685. The van der Waals surface area contributed by atoms with E-state index in [-0.39, 0.29) is 0 Å². The van der Waals surface area contributed by atoms with Gasteiger partial charge in [0.15, 0.2) is 0 Å². The van der Waals surface area contributed by atoms with E-state index in [1.54, 1.807) is 0 Å². The molecule has 1 aromatic carbocycles. The summed E-state index contributed by atoms with van der Waals surface area (Å²) in [5.41, 5.74) is 1.46. The lowest BCUT2D eigenvalue weighted by Crippen LogP contribution is -2.27. The van der Waals surface area contributed by atoms with Crippen molar-refractivity contribution in [1.82, 2.24) is 5.32 Å². The number of rotatable bonds is 5. The highest BCUT2D eigenvalue weighted by Gasteiger charge is 2.16. The molecule has 20 heavy (non-hydrogen) atoms. The molecule has 4 nitrogen and oxygen atoms in total. The molecule has 0 heterocycles. The Morgan fingerprint density at radius 3 is 2.35 bits per heavy atom. The van der Waals surface area contributed by atoms with Gasteiger partial charge in [0, 0.05) is 11.7 Å². The van der Waals surface area contributed by atoms with E-state index >= 15 is 0 Å². The monoisotopic (exact) mass is 278 g/mol. The number of hydrogen-bond donors (Lipinski definition) is 2. The van der Waals surface area contributed by atoms with Crippen LogP contribution in [0, 0.1) is 0 Å². The average Bonchev–Trinajstić information content (AvgIpc) is 2.34. The maximum atomic E-state index is 11.6. The van der Waals surface area contributed by atoms with Crippen molar-refractivity contribution in [2.24, 2.45) is 0 Å². The van der Waals surface area contributed by atoms with Crippen molar-refractivity contribution in [3.63, 3.8) is 0 Å². The Hall–Kier alpha value is -1.55. The van der Waals surface area contributed by atoms with Crippen LogP contribution in [0.5, 0.6) is 0 Å². The molecule has 2 N–H and O–H groups in total. The van der Waals surface area contributed by atoms with Gasteiger partial charge in [-0.05, 0) is 58.4 Å². The van der Waals surface area contributed by atoms with Crippen molar-refractivity contribution in [2.45, 2.75) is 52.7 Å². The molecule has 1 atom stereocenters. The average molecular weight is 278 g/mol. The number of hydrogen-bond acceptors (Lipinski definition) is 3. The smallest absolute Gasteiger partial charge is 0.412 e. The van der Waals surface area contributed by atoms with E-state index < -0.39 is 11.7 Å². The number of carbonyl (C=O) groups excluding carboxylic acids is 1. The van der Waals surface area contributed by atoms with Gasteiger partial charge in [-0.15, -0.1) is 0 Å². The number of benzene rings is 1. The van der Waals surface area contributed by atoms with Crippen LogP contribution in [0.1, 0.15) is 52.6 Å². The first-order valence-electron chi connectivity index (χ1n) is 7.15. The van der Waals surface area contributed by atoms with Gasteiger partial charge < -0.3 is 10.1 Å². The molecule has 1 unspecified atom stereocenters. The summed E-state index contributed by atoms with van der Waals surface area (Å²) in [5, 5.41) is 6.15. The Morgan fingerprint density at radius 1 is 1.25 bits per heavy atom. The predicted molar refractivity (Wildman–Crippen MR) is 83.0 cm³/mol. The van der Waals surface area contributed by atoms with Gasteiger partial charge in [-0.3, -0.25) is 5.32 Å². The normalized spacial score (nSPS) is 12.8. The predicted octanol–water partition coefficient (Wildman–Crippen LogP) is 4.09. The van der Waals surface area contributed by atoms with Gasteiger partial charge in [-0.2, -0.15) is 0 Å². The minimum absolute atomic E-state index is 0.311. The van der Waals surface area contributed by atoms with Crippen LogP contribution in [0.4, 0.5) is 10.5 Å². The summed E-state index contributed by atoms with van der Waals surface area (Å²) in [6, 6.07) is 8.12. The fraction of sp³-hybridized carbons (Fsp3) is 0.562. The molecular formula is C16H26N2O2. The van der Waals surface area contributed by atoms with Gasteiger partial charge in [0.1, 0.15) is 5.60 Å². The highest BCUT2D eigenvalue weighted by Crippen LogP contribution is 2.17. The highest BCUT2D eigenvalue weighted by atomic mass is 16.6. The second-order valence-corrected chi connectivity index (χ2v) is 5.92. The Morgan fingerprint density at radius 2 is 1.85 bits per heavy atom. The van der Waals surface area contributed by atoms with E-state index in [1.807, 2.05) is 45.0 Å². The topological polar surface area (TPSA) is 50.4 Å². The summed E-state index contributed by atoms with van der Waals surface area (Å²) in [5.74, 6) is 0. The summed E-state index contributed by atoms with van der Waals surface area (Å²) in [7, 11) is 0. The van der Waals surface area contributed by atoms with Crippen molar-refractivity contribution in [3.05, 3.63) is 29.8 Å². The van der Waals surface area contributed by atoms with Crippen LogP contribution in [-0.4, -0.2) is 18.2 Å². The van der Waals surface area contributed by atoms with Crippen molar-refractivity contribution in [2.75, 3.05) is 11.9 Å². The molecule has 0 fully saturated rings. The van der Waals surface area contributed by atoms with Crippen LogP contribution in [0.2, 0.25) is 0 Å². The summed E-state index contributed by atoms with van der Waals surface area (Å²) in [6.45, 7) is 10.8. The van der Waals surface area contributed by atoms with Crippen molar-refractivity contribution < 1.29 is 9.53 Å². The van der Waals surface area contributed by atoms with Crippen LogP contribution < -0.4 is 10.6 Å². The van der Waals surface area contributed by atoms with Gasteiger partial charge >= 0.3 is 6.09 Å². The minimum atomic E-state index is -0.484. The first-order chi connectivity index (χ1) is 9.31. The molecule has 112 valence electrons. The number of ether oxygens (including phenoxy) is 1. The van der Waals surface area contributed by atoms with Gasteiger partial charge in [0.25, 0.3) is 0 Å². The van der Waals surface area contributed by atoms with Crippen LogP contribution >= 0.6 is 0 Å². The van der Waals surface area contributed by atoms with Crippen LogP contribution in [-0.2, 0) is 4.74 Å². The van der Waals surface area contributed by atoms with E-state index in [9.17, 15) is 4.79 Å². The second kappa shape index (κ2) is 7.29. The molecule has 0 saturated heterocycles. The zero-order valence-corrected chi connectivity index (χ0v) is 13.1. The molecule has 1 rings (SSSR count). The molecule has 0 saturated carbocycles. The minimum Gasteiger partial charge on any atom is -0.444 e. The zero-order valence-electron chi connectivity index (χ0n) is 13.1. The Labute approximate surface area is 121 Å². The van der Waals surface area contributed by atoms with E-state index in [0.29, 0.717) is 6.04 Å². The molecule has 4 heteroatoms. The second-order valence-electron chi connectivity index (χ2n) is 5.92. The molecule has 0 aliphatic heterocycles. The molecule has 0 bridgehead atoms. The maximum absolute atomic E-state index is 11.6. The highest BCUT2D eigenvalue weighted by molar-refractivity contribution is 5.84. The third-order valence-electron chi connectivity index (χ3n) is 2.76. The Balaban J connectivity index is 2.56. The lowest BCUT2D eigenvalue weighted by atomic mass is 10.1. The van der Waals surface area contributed by atoms with E-state index in [2.05, 4.69) is 24.5 Å². The fourth-order valence-electron chi connectivity index (χ4n) is 1.76. The molecule has 1 amide bonds. The van der Waals surface area contributed by atoms with Crippen LogP contribution in [0.25, 0.3) is 0 Å². The first kappa shape index (κ1) is 16.5. The zero-order chi connectivity index (χ0) is 15.2. The number of anilines is 1. The number of carbonyl (C=O) groups is 1. The fourth-order valence-corrected chi connectivity index (χ4v) is 1.76. The van der Waals surface area contributed by atoms with E-state index in [1.165, 1.54) is 5.56 Å². The van der Waals surface area contributed by atoms with Gasteiger partial charge in [-0.1, -0.05) is 19.1 Å². The number of amides is 1. The Bertz CT molecular complexity index is 421. The van der Waals surface area contributed by atoms with Gasteiger partial charge in [0.05, 0.1) is 0 Å². The molecule has 0 radical (unpaired) electrons. The summed E-state index contributed by atoms with van der Waals surface area (Å²) >= 11 is 0. The maximum Gasteiger partial charge on any atom is 0.412 e. The molecule has 0 aliphatic rings. The first-order valence-corrected chi connectivity index (χ1v) is 7.15. The van der Waals surface area contributed by atoms with E-state index in [0.717, 1.165) is 18.7 Å². The van der Waals surface area contributed by atoms with E-state index in [4.69, 9.17) is 4.74 Å². The largest absolute Gasteiger partial charge is 0.444 e. The van der Waals surface area contributed by atoms with Crippen molar-refractivity contribution in [1.29, 1.82) is 0 Å². The molecule has 0 aromatic heterocycles. The summed E-state index contributed by atoms with van der Waals surface area (Å²) < 4.78 is 5.21. The van der Waals surface area contributed by atoms with Crippen molar-refractivity contribution >= 4 is 11.8 Å². The van der Waals surface area contributed by atoms with Gasteiger partial charge in [-0.25, -0.2) is 4.79 Å². The van der Waals surface area contributed by atoms with Crippen molar-refractivity contribution in [3.8, 4) is 0 Å². The lowest BCUT2D eigenvalue weighted by Gasteiger charge is -2.20.